The summed E-state index contributed by atoms with van der Waals surface area (Å²) >= 11 is 0. The van der Waals surface area contributed by atoms with Gasteiger partial charge < -0.3 is 14.2 Å². The van der Waals surface area contributed by atoms with Crippen molar-refractivity contribution in [2.24, 2.45) is 0 Å². The molecule has 0 saturated carbocycles. The van der Waals surface area contributed by atoms with Gasteiger partial charge in [0.05, 0.1) is 0 Å². The van der Waals surface area contributed by atoms with Gasteiger partial charge in [0, 0.05) is 19.3 Å². The minimum Gasteiger partial charge on any atom is -0.462 e. The predicted octanol–water partition coefficient (Wildman–Crippen LogP) is 22.1. The molecule has 0 aromatic heterocycles. The lowest BCUT2D eigenvalue weighted by Crippen LogP contribution is -2.30. The van der Waals surface area contributed by atoms with Gasteiger partial charge in [-0.25, -0.2) is 0 Å². The van der Waals surface area contributed by atoms with E-state index < -0.39 is 6.10 Å². The molecule has 0 amide bonds. The number of carbonyl (C=O) groups excluding carboxylic acids is 3. The van der Waals surface area contributed by atoms with Gasteiger partial charge in [0.1, 0.15) is 13.2 Å². The topological polar surface area (TPSA) is 78.9 Å². The van der Waals surface area contributed by atoms with Crippen molar-refractivity contribution in [3.8, 4) is 0 Å². The predicted molar refractivity (Wildman–Crippen MR) is 325 cm³/mol. The van der Waals surface area contributed by atoms with E-state index >= 15 is 0 Å². The quantitative estimate of drug-likeness (QED) is 0.0261. The minimum atomic E-state index is -0.778. The Balaban J connectivity index is 4.19. The number of allylic oxidation sites excluding steroid dienone is 12. The van der Waals surface area contributed by atoms with Crippen LogP contribution in [0.5, 0.6) is 0 Å². The highest BCUT2D eigenvalue weighted by Crippen LogP contribution is 2.17. The molecule has 0 radical (unpaired) electrons. The van der Waals surface area contributed by atoms with Crippen molar-refractivity contribution < 1.29 is 28.6 Å². The van der Waals surface area contributed by atoms with E-state index in [1.807, 2.05) is 0 Å². The van der Waals surface area contributed by atoms with Crippen LogP contribution in [0.2, 0.25) is 0 Å². The van der Waals surface area contributed by atoms with E-state index in [0.29, 0.717) is 19.3 Å². The molecule has 0 N–H and O–H groups in total. The second kappa shape index (κ2) is 63.4. The van der Waals surface area contributed by atoms with Gasteiger partial charge in [-0.05, 0) is 70.6 Å². The van der Waals surface area contributed by atoms with E-state index in [2.05, 4.69) is 93.7 Å². The van der Waals surface area contributed by atoms with Crippen molar-refractivity contribution >= 4 is 17.9 Å². The van der Waals surface area contributed by atoms with Crippen LogP contribution >= 0.6 is 0 Å². The van der Waals surface area contributed by atoms with Crippen LogP contribution in [0.25, 0.3) is 0 Å². The second-order valence-electron chi connectivity index (χ2n) is 21.7. The molecule has 0 rings (SSSR count). The fraction of sp³-hybridized carbons (Fsp3) is 0.783. The monoisotopic (exact) mass is 1050 g/mol. The van der Waals surface area contributed by atoms with Crippen LogP contribution in [0.4, 0.5) is 0 Å². The van der Waals surface area contributed by atoms with Crippen LogP contribution in [0, 0.1) is 0 Å². The maximum absolute atomic E-state index is 12.9. The summed E-state index contributed by atoms with van der Waals surface area (Å²) in [6, 6.07) is 0. The number of carbonyl (C=O) groups is 3. The molecule has 6 nitrogen and oxygen atoms in total. The molecule has 1 atom stereocenters. The number of hydrogen-bond donors (Lipinski definition) is 0. The van der Waals surface area contributed by atoms with E-state index in [1.165, 1.54) is 186 Å². The third-order valence-corrected chi connectivity index (χ3v) is 14.2. The third kappa shape index (κ3) is 61.6. The van der Waals surface area contributed by atoms with Crippen LogP contribution < -0.4 is 0 Å². The highest BCUT2D eigenvalue weighted by molar-refractivity contribution is 5.71. The Hall–Kier alpha value is -3.15. The van der Waals surface area contributed by atoms with Crippen molar-refractivity contribution in [1.82, 2.24) is 0 Å². The number of rotatable bonds is 59. The van der Waals surface area contributed by atoms with Gasteiger partial charge in [-0.1, -0.05) is 312 Å². The molecular formula is C69H122O6. The highest BCUT2D eigenvalue weighted by atomic mass is 16.6. The molecule has 0 aromatic carbocycles. The smallest absolute Gasteiger partial charge is 0.306 e. The zero-order valence-electron chi connectivity index (χ0n) is 49.8. The first kappa shape index (κ1) is 71.8. The summed E-state index contributed by atoms with van der Waals surface area (Å²) in [5.74, 6) is -0.880. The summed E-state index contributed by atoms with van der Waals surface area (Å²) in [7, 11) is 0. The first-order valence-electron chi connectivity index (χ1n) is 32.4. The molecule has 0 aliphatic heterocycles. The van der Waals surface area contributed by atoms with Gasteiger partial charge in [0.2, 0.25) is 0 Å². The number of esters is 3. The molecular weight excluding hydrogens is 925 g/mol. The molecule has 434 valence electrons. The Morgan fingerprint density at radius 2 is 0.520 bits per heavy atom. The molecule has 0 bridgehead atoms. The third-order valence-electron chi connectivity index (χ3n) is 14.2. The fourth-order valence-corrected chi connectivity index (χ4v) is 9.39. The van der Waals surface area contributed by atoms with Gasteiger partial charge in [-0.15, -0.1) is 0 Å². The van der Waals surface area contributed by atoms with E-state index in [9.17, 15) is 14.4 Å². The molecule has 0 heterocycles. The van der Waals surface area contributed by atoms with Crippen molar-refractivity contribution in [2.75, 3.05) is 13.2 Å². The summed E-state index contributed by atoms with van der Waals surface area (Å²) in [6.07, 6.45) is 82.2. The maximum atomic E-state index is 12.9. The van der Waals surface area contributed by atoms with Gasteiger partial charge in [-0.3, -0.25) is 14.4 Å². The van der Waals surface area contributed by atoms with Gasteiger partial charge in [0.15, 0.2) is 6.10 Å². The van der Waals surface area contributed by atoms with Gasteiger partial charge >= 0.3 is 17.9 Å². The SMILES string of the molecule is CC/C=C\C/C=C\C/C=C\C/C=C\C/C=C\C/C=C\CCCCCCCCC(=O)OCC(COC(=O)CCCCCCCCCC)OC(=O)CCCCCCCCCCCCCCCCCCCCCCCCCC. The Kier molecular flexibility index (Phi) is 60.7. The first-order chi connectivity index (χ1) is 37.0. The van der Waals surface area contributed by atoms with Crippen molar-refractivity contribution in [3.63, 3.8) is 0 Å². The normalized spacial score (nSPS) is 12.5. The summed E-state index contributed by atoms with van der Waals surface area (Å²) in [5.41, 5.74) is 0. The Labute approximate surface area is 465 Å². The van der Waals surface area contributed by atoms with E-state index in [4.69, 9.17) is 14.2 Å². The molecule has 0 aromatic rings. The molecule has 0 aliphatic rings. The highest BCUT2D eigenvalue weighted by Gasteiger charge is 2.19. The lowest BCUT2D eigenvalue weighted by atomic mass is 10.0. The lowest BCUT2D eigenvalue weighted by Gasteiger charge is -2.18. The Morgan fingerprint density at radius 1 is 0.280 bits per heavy atom. The number of unbranched alkanes of at least 4 members (excludes halogenated alkanes) is 36. The van der Waals surface area contributed by atoms with Crippen molar-refractivity contribution in [1.29, 1.82) is 0 Å². The molecule has 0 saturated heterocycles. The average molecular weight is 1050 g/mol. The molecule has 75 heavy (non-hydrogen) atoms. The molecule has 0 spiro atoms. The van der Waals surface area contributed by atoms with Gasteiger partial charge in [0.25, 0.3) is 0 Å². The van der Waals surface area contributed by atoms with Crippen LogP contribution in [0.3, 0.4) is 0 Å². The maximum Gasteiger partial charge on any atom is 0.306 e. The standard InChI is InChI=1S/C69H122O6/c1-4-7-10-13-16-19-21-23-25-27-29-31-33-35-37-38-40-42-44-46-48-50-53-56-59-62-68(71)74-65-66(64-73-67(70)61-58-55-52-18-15-12-9-6-3)75-69(72)63-60-57-54-51-49-47-45-43-41-39-36-34-32-30-28-26-24-22-20-17-14-11-8-5-2/h7,10,16,19,23,25,29,31,35,37,40,42,66H,4-6,8-9,11-15,17-18,20-22,24,26-28,30,32-34,36,38-39,41,43-65H2,1-3H3/b10-7-,19-16-,25-23-,31-29-,37-35-,42-40-. The lowest BCUT2D eigenvalue weighted by molar-refractivity contribution is -0.167. The largest absolute Gasteiger partial charge is 0.462 e. The second-order valence-corrected chi connectivity index (χ2v) is 21.7. The van der Waals surface area contributed by atoms with E-state index in [-0.39, 0.29) is 31.1 Å². The minimum absolute atomic E-state index is 0.0765. The van der Waals surface area contributed by atoms with Crippen LogP contribution in [0.1, 0.15) is 329 Å². The number of ether oxygens (including phenoxy) is 3. The fourth-order valence-electron chi connectivity index (χ4n) is 9.39. The molecule has 1 unspecified atom stereocenters. The zero-order valence-corrected chi connectivity index (χ0v) is 49.8. The van der Waals surface area contributed by atoms with Crippen LogP contribution in [-0.4, -0.2) is 37.2 Å². The zero-order chi connectivity index (χ0) is 54.3. The van der Waals surface area contributed by atoms with Crippen LogP contribution in [0.15, 0.2) is 72.9 Å². The summed E-state index contributed by atoms with van der Waals surface area (Å²) in [5, 5.41) is 0. The summed E-state index contributed by atoms with van der Waals surface area (Å²) < 4.78 is 16.9. The van der Waals surface area contributed by atoms with E-state index in [1.54, 1.807) is 0 Å². The summed E-state index contributed by atoms with van der Waals surface area (Å²) in [6.45, 7) is 6.53. The van der Waals surface area contributed by atoms with E-state index in [0.717, 1.165) is 103 Å². The summed E-state index contributed by atoms with van der Waals surface area (Å²) in [4.78, 5) is 38.2. The van der Waals surface area contributed by atoms with Gasteiger partial charge in [-0.2, -0.15) is 0 Å². The first-order valence-corrected chi connectivity index (χ1v) is 32.4. The average Bonchev–Trinajstić information content (AvgIpc) is 3.41. The molecule has 0 aliphatic carbocycles. The molecule has 6 heteroatoms. The van der Waals surface area contributed by atoms with Crippen molar-refractivity contribution in [3.05, 3.63) is 72.9 Å². The number of hydrogen-bond acceptors (Lipinski definition) is 6. The Bertz CT molecular complexity index is 1390. The van der Waals surface area contributed by atoms with Crippen molar-refractivity contribution in [2.45, 2.75) is 335 Å². The Morgan fingerprint density at radius 3 is 0.813 bits per heavy atom. The van der Waals surface area contributed by atoms with Crippen LogP contribution in [-0.2, 0) is 28.6 Å². The molecule has 0 fully saturated rings.